The van der Waals surface area contributed by atoms with E-state index in [1.165, 1.54) is 0 Å². The predicted octanol–water partition coefficient (Wildman–Crippen LogP) is 3.04. The van der Waals surface area contributed by atoms with Crippen LogP contribution in [0.1, 0.15) is 12.5 Å². The molecule has 1 unspecified atom stereocenters. The van der Waals surface area contributed by atoms with Gasteiger partial charge in [-0.3, -0.25) is 9.48 Å². The lowest BCUT2D eigenvalue weighted by atomic mass is 10.1. The van der Waals surface area contributed by atoms with E-state index < -0.39 is 6.10 Å². The minimum Gasteiger partial charge on any atom is -0.481 e. The van der Waals surface area contributed by atoms with Gasteiger partial charge in [0.25, 0.3) is 5.91 Å². The maximum Gasteiger partial charge on any atom is 0.263 e. The monoisotopic (exact) mass is 337 g/mol. The SMILES string of the molecule is CC(Oc1ccc2ccccc2c1)C(=O)N(C)CCc1cnn(C)c1. The molecule has 0 fully saturated rings. The maximum absolute atomic E-state index is 12.5. The second kappa shape index (κ2) is 7.38. The third kappa shape index (κ3) is 4.18. The van der Waals surface area contributed by atoms with Gasteiger partial charge < -0.3 is 9.64 Å². The summed E-state index contributed by atoms with van der Waals surface area (Å²) in [6.07, 6.45) is 4.04. The molecule has 1 heterocycles. The molecule has 0 spiro atoms. The van der Waals surface area contributed by atoms with E-state index in [0.29, 0.717) is 12.3 Å². The second-order valence-corrected chi connectivity index (χ2v) is 6.30. The van der Waals surface area contributed by atoms with Gasteiger partial charge in [0.15, 0.2) is 6.10 Å². The van der Waals surface area contributed by atoms with E-state index in [1.54, 1.807) is 23.6 Å². The summed E-state index contributed by atoms with van der Waals surface area (Å²) in [6, 6.07) is 14.0. The van der Waals surface area contributed by atoms with Crippen LogP contribution in [0.2, 0.25) is 0 Å². The number of nitrogens with zero attached hydrogens (tertiary/aromatic N) is 3. The Hall–Kier alpha value is -2.82. The number of benzene rings is 2. The van der Waals surface area contributed by atoms with Gasteiger partial charge in [0, 0.05) is 26.8 Å². The molecule has 0 saturated carbocycles. The third-order valence-corrected chi connectivity index (χ3v) is 4.25. The molecule has 130 valence electrons. The number of hydrogen-bond acceptors (Lipinski definition) is 3. The maximum atomic E-state index is 12.5. The Labute approximate surface area is 147 Å². The van der Waals surface area contributed by atoms with Crippen molar-refractivity contribution in [2.75, 3.05) is 13.6 Å². The highest BCUT2D eigenvalue weighted by molar-refractivity contribution is 5.84. The average Bonchev–Trinajstić information content (AvgIpc) is 3.04. The van der Waals surface area contributed by atoms with Crippen LogP contribution in [-0.4, -0.2) is 40.3 Å². The number of likely N-dealkylation sites (N-methyl/N-ethyl adjacent to an activating group) is 1. The smallest absolute Gasteiger partial charge is 0.263 e. The first-order valence-electron chi connectivity index (χ1n) is 8.41. The molecule has 0 radical (unpaired) electrons. The van der Waals surface area contributed by atoms with Gasteiger partial charge in [0.2, 0.25) is 0 Å². The van der Waals surface area contributed by atoms with Gasteiger partial charge in [0.1, 0.15) is 5.75 Å². The summed E-state index contributed by atoms with van der Waals surface area (Å²) in [4.78, 5) is 14.2. The van der Waals surface area contributed by atoms with Gasteiger partial charge in [-0.15, -0.1) is 0 Å². The molecule has 0 bridgehead atoms. The fraction of sp³-hybridized carbons (Fsp3) is 0.300. The summed E-state index contributed by atoms with van der Waals surface area (Å²) in [5.74, 6) is 0.678. The highest BCUT2D eigenvalue weighted by Gasteiger charge is 2.19. The summed E-state index contributed by atoms with van der Waals surface area (Å²) in [6.45, 7) is 2.42. The topological polar surface area (TPSA) is 47.4 Å². The predicted molar refractivity (Wildman–Crippen MR) is 98.6 cm³/mol. The van der Waals surface area contributed by atoms with E-state index >= 15 is 0 Å². The zero-order chi connectivity index (χ0) is 17.8. The lowest BCUT2D eigenvalue weighted by Gasteiger charge is -2.22. The molecule has 0 saturated heterocycles. The van der Waals surface area contributed by atoms with Crippen LogP contribution in [0.3, 0.4) is 0 Å². The summed E-state index contributed by atoms with van der Waals surface area (Å²) >= 11 is 0. The van der Waals surface area contributed by atoms with Crippen molar-refractivity contribution >= 4 is 16.7 Å². The molecule has 1 amide bonds. The molecule has 1 atom stereocenters. The van der Waals surface area contributed by atoms with E-state index in [-0.39, 0.29) is 5.91 Å². The highest BCUT2D eigenvalue weighted by atomic mass is 16.5. The van der Waals surface area contributed by atoms with Gasteiger partial charge >= 0.3 is 0 Å². The largest absolute Gasteiger partial charge is 0.481 e. The zero-order valence-electron chi connectivity index (χ0n) is 14.8. The number of fused-ring (bicyclic) bond motifs is 1. The molecule has 0 aliphatic heterocycles. The number of aryl methyl sites for hydroxylation is 1. The number of ether oxygens (including phenoxy) is 1. The Bertz CT molecular complexity index is 872. The van der Waals surface area contributed by atoms with Gasteiger partial charge in [-0.2, -0.15) is 5.10 Å². The third-order valence-electron chi connectivity index (χ3n) is 4.25. The molecule has 1 aromatic heterocycles. The van der Waals surface area contributed by atoms with Gasteiger partial charge in [-0.05, 0) is 41.8 Å². The second-order valence-electron chi connectivity index (χ2n) is 6.30. The molecule has 3 aromatic rings. The summed E-state index contributed by atoms with van der Waals surface area (Å²) in [5, 5.41) is 6.40. The Balaban J connectivity index is 1.58. The molecule has 2 aromatic carbocycles. The van der Waals surface area contributed by atoms with Crippen molar-refractivity contribution < 1.29 is 9.53 Å². The Morgan fingerprint density at radius 3 is 2.72 bits per heavy atom. The minimum atomic E-state index is -0.528. The normalized spacial score (nSPS) is 12.1. The van der Waals surface area contributed by atoms with E-state index in [0.717, 1.165) is 22.8 Å². The van der Waals surface area contributed by atoms with Crippen LogP contribution >= 0.6 is 0 Å². The van der Waals surface area contributed by atoms with Gasteiger partial charge in [-0.1, -0.05) is 30.3 Å². The van der Waals surface area contributed by atoms with Crippen molar-refractivity contribution in [3.63, 3.8) is 0 Å². The summed E-state index contributed by atoms with van der Waals surface area (Å²) in [7, 11) is 3.69. The summed E-state index contributed by atoms with van der Waals surface area (Å²) in [5.41, 5.74) is 1.12. The fourth-order valence-corrected chi connectivity index (χ4v) is 2.81. The number of carbonyl (C=O) groups excluding carboxylic acids is 1. The average molecular weight is 337 g/mol. The van der Waals surface area contributed by atoms with Crippen LogP contribution in [0.5, 0.6) is 5.75 Å². The van der Waals surface area contributed by atoms with E-state index in [9.17, 15) is 4.79 Å². The highest BCUT2D eigenvalue weighted by Crippen LogP contribution is 2.21. The minimum absolute atomic E-state index is 0.0305. The van der Waals surface area contributed by atoms with E-state index in [1.807, 2.05) is 55.8 Å². The van der Waals surface area contributed by atoms with Crippen molar-refractivity contribution in [3.8, 4) is 5.75 Å². The van der Waals surface area contributed by atoms with Crippen LogP contribution in [0.25, 0.3) is 10.8 Å². The Morgan fingerprint density at radius 2 is 2.00 bits per heavy atom. The quantitative estimate of drug-likeness (QED) is 0.694. The first-order valence-corrected chi connectivity index (χ1v) is 8.41. The molecular weight excluding hydrogens is 314 g/mol. The van der Waals surface area contributed by atoms with Crippen LogP contribution in [-0.2, 0) is 18.3 Å². The number of carbonyl (C=O) groups is 1. The van der Waals surface area contributed by atoms with Crippen molar-refractivity contribution in [2.45, 2.75) is 19.4 Å². The molecule has 5 heteroatoms. The van der Waals surface area contributed by atoms with Crippen LogP contribution in [0.15, 0.2) is 54.9 Å². The fourth-order valence-electron chi connectivity index (χ4n) is 2.81. The van der Waals surface area contributed by atoms with Crippen molar-refractivity contribution in [3.05, 3.63) is 60.4 Å². The number of amides is 1. The molecule has 0 aliphatic rings. The number of rotatable bonds is 6. The molecule has 25 heavy (non-hydrogen) atoms. The first-order chi connectivity index (χ1) is 12.0. The first kappa shape index (κ1) is 17.0. The lowest BCUT2D eigenvalue weighted by molar-refractivity contribution is -0.136. The van der Waals surface area contributed by atoms with E-state index in [2.05, 4.69) is 11.2 Å². The van der Waals surface area contributed by atoms with Crippen molar-refractivity contribution in [1.29, 1.82) is 0 Å². The van der Waals surface area contributed by atoms with Crippen LogP contribution in [0.4, 0.5) is 0 Å². The van der Waals surface area contributed by atoms with Crippen molar-refractivity contribution in [2.24, 2.45) is 7.05 Å². The molecule has 5 nitrogen and oxygen atoms in total. The Morgan fingerprint density at radius 1 is 1.24 bits per heavy atom. The molecular formula is C20H23N3O2. The van der Waals surface area contributed by atoms with Crippen LogP contribution < -0.4 is 4.74 Å². The molecule has 3 rings (SSSR count). The molecule has 0 N–H and O–H groups in total. The molecule has 0 aliphatic carbocycles. The summed E-state index contributed by atoms with van der Waals surface area (Å²) < 4.78 is 7.62. The van der Waals surface area contributed by atoms with Crippen molar-refractivity contribution in [1.82, 2.24) is 14.7 Å². The van der Waals surface area contributed by atoms with E-state index in [4.69, 9.17) is 4.74 Å². The van der Waals surface area contributed by atoms with Gasteiger partial charge in [0.05, 0.1) is 6.20 Å². The lowest BCUT2D eigenvalue weighted by Crippen LogP contribution is -2.39. The zero-order valence-corrected chi connectivity index (χ0v) is 14.8. The van der Waals surface area contributed by atoms with Crippen LogP contribution in [0, 0.1) is 0 Å². The standard InChI is InChI=1S/C20H23N3O2/c1-15(20(24)22(2)11-10-16-13-21-23(3)14-16)25-19-9-8-17-6-4-5-7-18(17)12-19/h4-9,12-15H,10-11H2,1-3H3. The Kier molecular flexibility index (Phi) is 5.03. The number of hydrogen-bond donors (Lipinski definition) is 0. The number of aromatic nitrogens is 2. The van der Waals surface area contributed by atoms with Gasteiger partial charge in [-0.25, -0.2) is 0 Å².